The predicted octanol–water partition coefficient (Wildman–Crippen LogP) is 0.162. The highest BCUT2D eigenvalue weighted by Crippen LogP contribution is 2.08. The van der Waals surface area contributed by atoms with Crippen LogP contribution in [-0.4, -0.2) is 17.9 Å². The largest absolute Gasteiger partial charge is 0.368 e. The molecule has 0 aliphatic carbocycles. The van der Waals surface area contributed by atoms with Crippen molar-refractivity contribution in [3.05, 3.63) is 0 Å². The van der Waals surface area contributed by atoms with E-state index in [0.717, 1.165) is 0 Å². The maximum Gasteiger partial charge on any atom is 0.240 e. The molecular weight excluding hydrogens is 194 g/mol. The van der Waals surface area contributed by atoms with Gasteiger partial charge in [-0.2, -0.15) is 5.26 Å². The van der Waals surface area contributed by atoms with E-state index in [1.54, 1.807) is 20.8 Å². The van der Waals surface area contributed by atoms with E-state index >= 15 is 0 Å². The van der Waals surface area contributed by atoms with Gasteiger partial charge in [-0.3, -0.25) is 9.59 Å². The number of amides is 2. The second kappa shape index (κ2) is 6.02. The average Bonchev–Trinajstić information content (AvgIpc) is 2.13. The molecule has 0 aromatic heterocycles. The van der Waals surface area contributed by atoms with Crippen molar-refractivity contribution in [2.75, 3.05) is 0 Å². The van der Waals surface area contributed by atoms with Crippen molar-refractivity contribution >= 4 is 11.8 Å². The van der Waals surface area contributed by atoms with Crippen LogP contribution in [0, 0.1) is 23.2 Å². The summed E-state index contributed by atoms with van der Waals surface area (Å²) in [5.74, 6) is -1.31. The second-order valence-electron chi connectivity index (χ2n) is 3.88. The average molecular weight is 211 g/mol. The number of hydrogen-bond donors (Lipinski definition) is 2. The molecule has 0 saturated carbocycles. The molecule has 5 heteroatoms. The lowest BCUT2D eigenvalue weighted by atomic mass is 9.97. The number of hydrogen-bond acceptors (Lipinski definition) is 3. The van der Waals surface area contributed by atoms with E-state index in [-0.39, 0.29) is 24.2 Å². The first-order chi connectivity index (χ1) is 6.90. The molecule has 0 spiro atoms. The Balaban J connectivity index is 4.49. The molecule has 0 bridgehead atoms. The Morgan fingerprint density at radius 2 is 1.93 bits per heavy atom. The zero-order valence-electron chi connectivity index (χ0n) is 9.28. The molecule has 0 rings (SSSR count). The third-order valence-electron chi connectivity index (χ3n) is 2.11. The van der Waals surface area contributed by atoms with Crippen molar-refractivity contribution in [1.82, 2.24) is 5.32 Å². The molecule has 5 nitrogen and oxygen atoms in total. The fourth-order valence-corrected chi connectivity index (χ4v) is 1.08. The van der Waals surface area contributed by atoms with Gasteiger partial charge in [0.1, 0.15) is 6.04 Å². The molecule has 2 amide bonds. The van der Waals surface area contributed by atoms with Crippen molar-refractivity contribution in [3.63, 3.8) is 0 Å². The van der Waals surface area contributed by atoms with Crippen LogP contribution in [0.25, 0.3) is 0 Å². The van der Waals surface area contributed by atoms with Gasteiger partial charge in [0, 0.05) is 12.3 Å². The summed E-state index contributed by atoms with van der Waals surface area (Å²) in [6.07, 6.45) is 0.186. The third-order valence-corrected chi connectivity index (χ3v) is 2.11. The van der Waals surface area contributed by atoms with Crippen LogP contribution in [0.15, 0.2) is 0 Å². The first-order valence-corrected chi connectivity index (χ1v) is 4.86. The van der Waals surface area contributed by atoms with E-state index in [1.165, 1.54) is 0 Å². The Bertz CT molecular complexity index is 281. The van der Waals surface area contributed by atoms with Gasteiger partial charge in [0.25, 0.3) is 0 Å². The molecule has 0 saturated heterocycles. The topological polar surface area (TPSA) is 96.0 Å². The highest BCUT2D eigenvalue weighted by molar-refractivity contribution is 5.87. The minimum Gasteiger partial charge on any atom is -0.368 e. The lowest BCUT2D eigenvalue weighted by Crippen LogP contribution is -2.49. The number of carbonyl (C=O) groups is 2. The van der Waals surface area contributed by atoms with Gasteiger partial charge in [-0.1, -0.05) is 20.8 Å². The molecule has 3 N–H and O–H groups in total. The summed E-state index contributed by atoms with van der Waals surface area (Å²) in [7, 11) is 0. The number of carbonyl (C=O) groups excluding carboxylic acids is 2. The van der Waals surface area contributed by atoms with Gasteiger partial charge in [-0.15, -0.1) is 0 Å². The smallest absolute Gasteiger partial charge is 0.240 e. The van der Waals surface area contributed by atoms with Crippen LogP contribution in [-0.2, 0) is 9.59 Å². The summed E-state index contributed by atoms with van der Waals surface area (Å²) in [6.45, 7) is 5.16. The minimum atomic E-state index is -0.764. The summed E-state index contributed by atoms with van der Waals surface area (Å²) >= 11 is 0. The Morgan fingerprint density at radius 3 is 2.27 bits per heavy atom. The standard InChI is InChI=1S/C10H17N3O2/c1-6(2)10(15)13-8(9(12)14)7(3)4-5-11/h6-8H,4H2,1-3H3,(H2,12,14)(H,13,15)/t7-,8-/m0/s1. The van der Waals surface area contributed by atoms with Crippen LogP contribution < -0.4 is 11.1 Å². The molecule has 0 radical (unpaired) electrons. The first kappa shape index (κ1) is 13.4. The Kier molecular flexibility index (Phi) is 5.39. The van der Waals surface area contributed by atoms with Crippen LogP contribution in [0.3, 0.4) is 0 Å². The van der Waals surface area contributed by atoms with Crippen LogP contribution in [0.2, 0.25) is 0 Å². The van der Waals surface area contributed by atoms with Crippen molar-refractivity contribution in [2.24, 2.45) is 17.6 Å². The van der Waals surface area contributed by atoms with Crippen molar-refractivity contribution < 1.29 is 9.59 Å². The molecule has 0 aliphatic heterocycles. The molecule has 0 fully saturated rings. The summed E-state index contributed by atoms with van der Waals surface area (Å²) in [5, 5.41) is 11.0. The van der Waals surface area contributed by atoms with E-state index in [1.807, 2.05) is 6.07 Å². The lowest BCUT2D eigenvalue weighted by Gasteiger charge is -2.21. The van der Waals surface area contributed by atoms with Crippen LogP contribution in [0.5, 0.6) is 0 Å². The monoisotopic (exact) mass is 211 g/mol. The number of nitrogens with two attached hydrogens (primary N) is 1. The van der Waals surface area contributed by atoms with Gasteiger partial charge < -0.3 is 11.1 Å². The van der Waals surface area contributed by atoms with Crippen LogP contribution in [0.1, 0.15) is 27.2 Å². The molecular formula is C10H17N3O2. The number of nitrogens with zero attached hydrogens (tertiary/aromatic N) is 1. The van der Waals surface area contributed by atoms with E-state index in [9.17, 15) is 9.59 Å². The van der Waals surface area contributed by atoms with Gasteiger partial charge >= 0.3 is 0 Å². The maximum atomic E-state index is 11.4. The molecule has 15 heavy (non-hydrogen) atoms. The SMILES string of the molecule is CC(C)C(=O)N[C@H](C(N)=O)[C@@H](C)CC#N. The van der Waals surface area contributed by atoms with Gasteiger partial charge in [0.15, 0.2) is 0 Å². The van der Waals surface area contributed by atoms with Gasteiger partial charge in [0.2, 0.25) is 11.8 Å². The highest BCUT2D eigenvalue weighted by atomic mass is 16.2. The van der Waals surface area contributed by atoms with Gasteiger partial charge in [-0.05, 0) is 5.92 Å². The van der Waals surface area contributed by atoms with Gasteiger partial charge in [-0.25, -0.2) is 0 Å². The zero-order chi connectivity index (χ0) is 12.0. The third kappa shape index (κ3) is 4.45. The van der Waals surface area contributed by atoms with E-state index in [0.29, 0.717) is 0 Å². The molecule has 2 atom stereocenters. The molecule has 0 unspecified atom stereocenters. The Morgan fingerprint density at radius 1 is 1.40 bits per heavy atom. The molecule has 0 aliphatic rings. The second-order valence-corrected chi connectivity index (χ2v) is 3.88. The number of rotatable bonds is 5. The van der Waals surface area contributed by atoms with Crippen molar-refractivity contribution in [2.45, 2.75) is 33.2 Å². The molecule has 0 aromatic rings. The van der Waals surface area contributed by atoms with Crippen molar-refractivity contribution in [1.29, 1.82) is 5.26 Å². The number of nitriles is 1. The molecule has 0 aromatic carbocycles. The normalized spacial score (nSPS) is 14.1. The Hall–Kier alpha value is -1.57. The lowest BCUT2D eigenvalue weighted by molar-refractivity contribution is -0.130. The summed E-state index contributed by atoms with van der Waals surface area (Å²) in [5.41, 5.74) is 5.15. The highest BCUT2D eigenvalue weighted by Gasteiger charge is 2.25. The molecule has 84 valence electrons. The van der Waals surface area contributed by atoms with Crippen molar-refractivity contribution in [3.8, 4) is 6.07 Å². The van der Waals surface area contributed by atoms with E-state index in [2.05, 4.69) is 5.32 Å². The fraction of sp³-hybridized carbons (Fsp3) is 0.700. The van der Waals surface area contributed by atoms with Gasteiger partial charge in [0.05, 0.1) is 6.07 Å². The van der Waals surface area contributed by atoms with E-state index < -0.39 is 11.9 Å². The minimum absolute atomic E-state index is 0.186. The summed E-state index contributed by atoms with van der Waals surface area (Å²) in [6, 6.07) is 1.18. The van der Waals surface area contributed by atoms with Crippen LogP contribution in [0.4, 0.5) is 0 Å². The zero-order valence-corrected chi connectivity index (χ0v) is 9.28. The van der Waals surface area contributed by atoms with E-state index in [4.69, 9.17) is 11.0 Å². The summed E-state index contributed by atoms with van der Waals surface area (Å²) < 4.78 is 0. The number of primary amides is 1. The summed E-state index contributed by atoms with van der Waals surface area (Å²) in [4.78, 5) is 22.4. The van der Waals surface area contributed by atoms with Crippen LogP contribution >= 0.6 is 0 Å². The Labute approximate surface area is 89.6 Å². The predicted molar refractivity (Wildman–Crippen MR) is 55.4 cm³/mol. The fourth-order valence-electron chi connectivity index (χ4n) is 1.08. The first-order valence-electron chi connectivity index (χ1n) is 4.86. The molecule has 0 heterocycles. The number of nitrogens with one attached hydrogen (secondary N) is 1. The maximum absolute atomic E-state index is 11.4. The quantitative estimate of drug-likeness (QED) is 0.678.